The van der Waals surface area contributed by atoms with Crippen molar-refractivity contribution in [2.24, 2.45) is 4.99 Å². The minimum atomic E-state index is -0.247. The Labute approximate surface area is 177 Å². The maximum absolute atomic E-state index is 13.4. The van der Waals surface area contributed by atoms with Gasteiger partial charge < -0.3 is 5.11 Å². The fourth-order valence-corrected chi connectivity index (χ4v) is 3.13. The van der Waals surface area contributed by atoms with Crippen molar-refractivity contribution in [3.63, 3.8) is 0 Å². The number of anilines is 1. The minimum Gasteiger partial charge on any atom is -0.390 e. The molecule has 0 saturated heterocycles. The van der Waals surface area contributed by atoms with Crippen molar-refractivity contribution in [2.45, 2.75) is 32.8 Å². The molecule has 5 nitrogen and oxygen atoms in total. The molecule has 0 spiro atoms. The highest BCUT2D eigenvalue weighted by molar-refractivity contribution is 6.28. The zero-order chi connectivity index (χ0) is 21.5. The summed E-state index contributed by atoms with van der Waals surface area (Å²) >= 11 is 0. The average molecular weight is 402 g/mol. The van der Waals surface area contributed by atoms with Gasteiger partial charge >= 0.3 is 0 Å². The van der Waals surface area contributed by atoms with Crippen LogP contribution >= 0.6 is 0 Å². The van der Waals surface area contributed by atoms with Crippen molar-refractivity contribution in [1.29, 1.82) is 0 Å². The first-order chi connectivity index (χ1) is 14.5. The summed E-state index contributed by atoms with van der Waals surface area (Å²) in [5.41, 5.74) is 3.56. The molecule has 2 aromatic rings. The highest BCUT2D eigenvalue weighted by atomic mass is 16.3. The fraction of sp³-hybridized carbons (Fsp3) is 0.240. The SMILES string of the molecule is C=C1/C=C\C=C/CN=C(c2ccc(CO)nc2)N(c2ccc(C(C)CC)cc2)C1=O. The average Bonchev–Trinajstić information content (AvgIpc) is 2.79. The molecule has 0 aliphatic carbocycles. The predicted molar refractivity (Wildman–Crippen MR) is 122 cm³/mol. The van der Waals surface area contributed by atoms with Crippen LogP contribution in [0, 0.1) is 0 Å². The number of allylic oxidation sites excluding steroid dienone is 2. The van der Waals surface area contributed by atoms with Crippen LogP contribution in [0.15, 0.2) is 84.0 Å². The number of aliphatic imine (C=N–C) groups is 1. The first-order valence-corrected chi connectivity index (χ1v) is 10.1. The van der Waals surface area contributed by atoms with Crippen LogP contribution < -0.4 is 4.90 Å². The van der Waals surface area contributed by atoms with E-state index in [-0.39, 0.29) is 12.5 Å². The minimum absolute atomic E-state index is 0.142. The Balaban J connectivity index is 2.11. The van der Waals surface area contributed by atoms with E-state index in [9.17, 15) is 9.90 Å². The van der Waals surface area contributed by atoms with Crippen LogP contribution in [-0.2, 0) is 11.4 Å². The van der Waals surface area contributed by atoms with E-state index in [0.717, 1.165) is 12.1 Å². The van der Waals surface area contributed by atoms with Crippen LogP contribution in [0.1, 0.15) is 43.0 Å². The Bertz CT molecular complexity index is 986. The Morgan fingerprint density at radius 3 is 2.57 bits per heavy atom. The molecule has 2 heterocycles. The molecular formula is C25H27N3O2. The van der Waals surface area contributed by atoms with E-state index in [2.05, 4.69) is 42.5 Å². The largest absolute Gasteiger partial charge is 0.390 e. The van der Waals surface area contributed by atoms with Crippen LogP contribution in [0.3, 0.4) is 0 Å². The lowest BCUT2D eigenvalue weighted by Crippen LogP contribution is -2.38. The molecule has 1 atom stereocenters. The fourth-order valence-electron chi connectivity index (χ4n) is 3.13. The molecule has 0 saturated carbocycles. The number of hydrogen-bond acceptors (Lipinski definition) is 4. The van der Waals surface area contributed by atoms with E-state index in [1.807, 2.05) is 30.4 Å². The van der Waals surface area contributed by atoms with Gasteiger partial charge in [-0.3, -0.25) is 19.7 Å². The number of amidine groups is 1. The van der Waals surface area contributed by atoms with Crippen LogP contribution in [0.2, 0.25) is 0 Å². The van der Waals surface area contributed by atoms with E-state index in [1.165, 1.54) is 5.56 Å². The van der Waals surface area contributed by atoms with Gasteiger partial charge in [-0.1, -0.05) is 56.9 Å². The van der Waals surface area contributed by atoms with Crippen molar-refractivity contribution >= 4 is 17.4 Å². The molecule has 1 aromatic carbocycles. The number of aromatic nitrogens is 1. The van der Waals surface area contributed by atoms with Gasteiger partial charge in [-0.25, -0.2) is 0 Å². The lowest BCUT2D eigenvalue weighted by molar-refractivity contribution is -0.113. The maximum atomic E-state index is 13.4. The Kier molecular flexibility index (Phi) is 7.09. The molecule has 30 heavy (non-hydrogen) atoms. The molecular weight excluding hydrogens is 374 g/mol. The van der Waals surface area contributed by atoms with E-state index in [0.29, 0.717) is 35.1 Å². The topological polar surface area (TPSA) is 65.8 Å². The maximum Gasteiger partial charge on any atom is 0.263 e. The summed E-state index contributed by atoms with van der Waals surface area (Å²) in [6.45, 7) is 8.56. The number of amides is 1. The summed E-state index contributed by atoms with van der Waals surface area (Å²) in [4.78, 5) is 23.9. The van der Waals surface area contributed by atoms with E-state index in [1.54, 1.807) is 29.3 Å². The van der Waals surface area contributed by atoms with Gasteiger partial charge in [0.1, 0.15) is 5.84 Å². The monoisotopic (exact) mass is 401 g/mol. The summed E-state index contributed by atoms with van der Waals surface area (Å²) in [6, 6.07) is 11.6. The van der Waals surface area contributed by atoms with Gasteiger partial charge in [-0.15, -0.1) is 0 Å². The molecule has 1 aliphatic rings. The number of aliphatic hydroxyl groups excluding tert-OH is 1. The summed E-state index contributed by atoms with van der Waals surface area (Å²) in [7, 11) is 0. The second-order valence-electron chi connectivity index (χ2n) is 7.21. The second-order valence-corrected chi connectivity index (χ2v) is 7.21. The van der Waals surface area contributed by atoms with Crippen molar-refractivity contribution in [1.82, 2.24) is 4.98 Å². The highest BCUT2D eigenvalue weighted by Crippen LogP contribution is 2.25. The third kappa shape index (κ3) is 4.81. The summed E-state index contributed by atoms with van der Waals surface area (Å²) in [6.07, 6.45) is 9.94. The number of rotatable bonds is 5. The first kappa shape index (κ1) is 21.4. The zero-order valence-corrected chi connectivity index (χ0v) is 17.5. The normalized spacial score (nSPS) is 18.0. The first-order valence-electron chi connectivity index (χ1n) is 10.1. The van der Waals surface area contributed by atoms with Gasteiger partial charge in [0, 0.05) is 17.3 Å². The van der Waals surface area contributed by atoms with Gasteiger partial charge in [0.25, 0.3) is 5.91 Å². The molecule has 3 rings (SSSR count). The van der Waals surface area contributed by atoms with Gasteiger partial charge in [-0.2, -0.15) is 0 Å². The summed E-state index contributed by atoms with van der Waals surface area (Å²) < 4.78 is 0. The third-order valence-corrected chi connectivity index (χ3v) is 5.16. The van der Waals surface area contributed by atoms with Gasteiger partial charge in [-0.05, 0) is 42.2 Å². The van der Waals surface area contributed by atoms with Crippen molar-refractivity contribution in [2.75, 3.05) is 11.4 Å². The number of hydrogen-bond donors (Lipinski definition) is 1. The molecule has 1 amide bonds. The number of carbonyl (C=O) groups excluding carboxylic acids is 1. The van der Waals surface area contributed by atoms with Crippen LogP contribution in [0.5, 0.6) is 0 Å². The Morgan fingerprint density at radius 1 is 1.17 bits per heavy atom. The number of carbonyl (C=O) groups is 1. The summed E-state index contributed by atoms with van der Waals surface area (Å²) in [5, 5.41) is 9.30. The zero-order valence-electron chi connectivity index (χ0n) is 17.5. The van der Waals surface area contributed by atoms with Crippen LogP contribution in [0.4, 0.5) is 5.69 Å². The van der Waals surface area contributed by atoms with E-state index < -0.39 is 0 Å². The Hall–Kier alpha value is -3.31. The van der Waals surface area contributed by atoms with Crippen LogP contribution in [-0.4, -0.2) is 28.4 Å². The molecule has 1 unspecified atom stereocenters. The van der Waals surface area contributed by atoms with Gasteiger partial charge in [0.05, 0.1) is 24.5 Å². The number of aliphatic hydroxyl groups is 1. The van der Waals surface area contributed by atoms with Crippen molar-refractivity contribution < 1.29 is 9.90 Å². The lowest BCUT2D eigenvalue weighted by atomic mass is 9.98. The second kappa shape index (κ2) is 9.94. The highest BCUT2D eigenvalue weighted by Gasteiger charge is 2.25. The lowest BCUT2D eigenvalue weighted by Gasteiger charge is -2.26. The quantitative estimate of drug-likeness (QED) is 0.748. The molecule has 5 heteroatoms. The smallest absolute Gasteiger partial charge is 0.263 e. The molecule has 1 aliphatic heterocycles. The predicted octanol–water partition coefficient (Wildman–Crippen LogP) is 4.55. The number of pyridine rings is 1. The van der Waals surface area contributed by atoms with E-state index >= 15 is 0 Å². The van der Waals surface area contributed by atoms with Crippen LogP contribution in [0.25, 0.3) is 0 Å². The summed E-state index contributed by atoms with van der Waals surface area (Å²) in [5.74, 6) is 0.692. The molecule has 1 aromatic heterocycles. The van der Waals surface area contributed by atoms with Gasteiger partial charge in [0.2, 0.25) is 0 Å². The number of benzene rings is 1. The Morgan fingerprint density at radius 2 is 1.93 bits per heavy atom. The molecule has 0 radical (unpaired) electrons. The molecule has 0 bridgehead atoms. The molecule has 154 valence electrons. The van der Waals surface area contributed by atoms with Crippen molar-refractivity contribution in [3.05, 3.63) is 95.9 Å². The third-order valence-electron chi connectivity index (χ3n) is 5.16. The molecule has 0 fully saturated rings. The number of nitrogens with zero attached hydrogens (tertiary/aromatic N) is 3. The standard InChI is InChI=1S/C25H27N3O2/c1-4-18(2)20-10-13-23(14-11-20)28-24(21-9-12-22(17-29)27-16-21)26-15-7-5-6-8-19(3)25(28)30/h5-14,16,18,29H,3-4,15,17H2,1-2H3/b7-5-,8-6-,26-24?. The molecule has 1 N–H and O–H groups in total. The van der Waals surface area contributed by atoms with E-state index in [4.69, 9.17) is 0 Å². The van der Waals surface area contributed by atoms with Crippen molar-refractivity contribution in [3.8, 4) is 0 Å². The van der Waals surface area contributed by atoms with Gasteiger partial charge in [0.15, 0.2) is 0 Å².